The van der Waals surface area contributed by atoms with Gasteiger partial charge in [0.1, 0.15) is 6.04 Å². The van der Waals surface area contributed by atoms with Crippen molar-refractivity contribution in [3.8, 4) is 0 Å². The molecule has 0 heterocycles. The smallest absolute Gasteiger partial charge is 0.244 e. The molecule has 0 aliphatic heterocycles. The van der Waals surface area contributed by atoms with Gasteiger partial charge in [0, 0.05) is 5.02 Å². The summed E-state index contributed by atoms with van der Waals surface area (Å²) in [5, 5.41) is 3.42. The summed E-state index contributed by atoms with van der Waals surface area (Å²) >= 11 is 6.06. The van der Waals surface area contributed by atoms with Crippen LogP contribution in [0.4, 0.5) is 5.69 Å². The Morgan fingerprint density at radius 1 is 0.935 bits per heavy atom. The number of carbonyl (C=O) groups excluding carboxylic acids is 1. The summed E-state index contributed by atoms with van der Waals surface area (Å²) in [6.07, 6.45) is 1.08. The predicted molar refractivity (Wildman–Crippen MR) is 126 cm³/mol. The van der Waals surface area contributed by atoms with E-state index in [9.17, 15) is 13.2 Å². The second-order valence-electron chi connectivity index (χ2n) is 7.48. The summed E-state index contributed by atoms with van der Waals surface area (Å²) in [6.45, 7) is 3.56. The second-order valence-corrected chi connectivity index (χ2v) is 9.77. The average molecular weight is 457 g/mol. The van der Waals surface area contributed by atoms with Crippen molar-refractivity contribution in [3.63, 3.8) is 0 Å². The average Bonchev–Trinajstić information content (AvgIpc) is 2.72. The van der Waals surface area contributed by atoms with Crippen molar-refractivity contribution in [1.82, 2.24) is 5.32 Å². The van der Waals surface area contributed by atoms with E-state index in [0.29, 0.717) is 10.7 Å². The lowest BCUT2D eigenvalue weighted by molar-refractivity contribution is -0.122. The van der Waals surface area contributed by atoms with Gasteiger partial charge in [-0.2, -0.15) is 0 Å². The molecule has 0 radical (unpaired) electrons. The van der Waals surface area contributed by atoms with Crippen LogP contribution in [0.3, 0.4) is 0 Å². The maximum Gasteiger partial charge on any atom is 0.244 e. The van der Waals surface area contributed by atoms with E-state index in [4.69, 9.17) is 11.6 Å². The van der Waals surface area contributed by atoms with Crippen molar-refractivity contribution in [2.75, 3.05) is 10.6 Å². The molecule has 162 valence electrons. The van der Waals surface area contributed by atoms with E-state index in [1.165, 1.54) is 6.07 Å². The second kappa shape index (κ2) is 9.54. The van der Waals surface area contributed by atoms with Crippen molar-refractivity contribution in [3.05, 3.63) is 101 Å². The number of halogens is 1. The molecular formula is C24H25ClN2O3S. The third kappa shape index (κ3) is 5.66. The number of aryl methyl sites for hydroxylation is 1. The van der Waals surface area contributed by atoms with Crippen molar-refractivity contribution in [2.24, 2.45) is 0 Å². The fraction of sp³-hybridized carbons (Fsp3) is 0.208. The first-order valence-corrected chi connectivity index (χ1v) is 12.1. The van der Waals surface area contributed by atoms with Crippen molar-refractivity contribution >= 4 is 33.2 Å². The van der Waals surface area contributed by atoms with Crippen LogP contribution in [0.2, 0.25) is 5.02 Å². The minimum Gasteiger partial charge on any atom is -0.343 e. The Hall–Kier alpha value is -2.83. The van der Waals surface area contributed by atoms with E-state index in [0.717, 1.165) is 27.3 Å². The molecule has 0 aromatic heterocycles. The van der Waals surface area contributed by atoms with Crippen LogP contribution >= 0.6 is 11.6 Å². The van der Waals surface area contributed by atoms with Crippen molar-refractivity contribution in [2.45, 2.75) is 25.9 Å². The number of carbonyl (C=O) groups is 1. The van der Waals surface area contributed by atoms with Gasteiger partial charge < -0.3 is 5.32 Å². The van der Waals surface area contributed by atoms with Crippen LogP contribution < -0.4 is 9.62 Å². The molecule has 0 spiro atoms. The van der Waals surface area contributed by atoms with Gasteiger partial charge in [0.05, 0.1) is 18.0 Å². The van der Waals surface area contributed by atoms with E-state index >= 15 is 0 Å². The van der Waals surface area contributed by atoms with Gasteiger partial charge in [-0.25, -0.2) is 8.42 Å². The number of nitrogens with one attached hydrogen (secondary N) is 1. The minimum absolute atomic E-state index is 0.337. The van der Waals surface area contributed by atoms with Crippen molar-refractivity contribution < 1.29 is 13.2 Å². The molecule has 0 saturated carbocycles. The number of sulfonamides is 1. The fourth-order valence-corrected chi connectivity index (χ4v) is 4.80. The van der Waals surface area contributed by atoms with Crippen LogP contribution in [-0.4, -0.2) is 26.6 Å². The summed E-state index contributed by atoms with van der Waals surface area (Å²) in [4.78, 5) is 13.3. The summed E-state index contributed by atoms with van der Waals surface area (Å²) in [5.41, 5.74) is 3.26. The van der Waals surface area contributed by atoms with Crippen LogP contribution in [0.25, 0.3) is 0 Å². The van der Waals surface area contributed by atoms with E-state index in [2.05, 4.69) is 5.32 Å². The summed E-state index contributed by atoms with van der Waals surface area (Å²) in [7, 11) is -3.74. The molecule has 0 aliphatic rings. The third-order valence-electron chi connectivity index (χ3n) is 4.98. The van der Waals surface area contributed by atoms with Crippen LogP contribution in [0.5, 0.6) is 0 Å². The van der Waals surface area contributed by atoms with Gasteiger partial charge in [0.2, 0.25) is 15.9 Å². The van der Waals surface area contributed by atoms with Crippen LogP contribution in [-0.2, 0) is 14.8 Å². The maximum absolute atomic E-state index is 13.3. The zero-order chi connectivity index (χ0) is 22.6. The number of anilines is 1. The summed E-state index contributed by atoms with van der Waals surface area (Å²) in [6, 6.07) is 22.5. The minimum atomic E-state index is -3.74. The largest absolute Gasteiger partial charge is 0.343 e. The number of hydrogen-bond acceptors (Lipinski definition) is 3. The molecule has 0 aliphatic carbocycles. The number of nitrogens with zero attached hydrogens (tertiary/aromatic N) is 1. The molecule has 0 saturated heterocycles. The molecule has 2 atom stereocenters. The first kappa shape index (κ1) is 22.8. The first-order valence-electron chi connectivity index (χ1n) is 9.83. The fourth-order valence-electron chi connectivity index (χ4n) is 3.45. The van der Waals surface area contributed by atoms with Gasteiger partial charge in [-0.05, 0) is 43.2 Å². The highest BCUT2D eigenvalue weighted by molar-refractivity contribution is 7.92. The monoisotopic (exact) mass is 456 g/mol. The topological polar surface area (TPSA) is 66.5 Å². The maximum atomic E-state index is 13.3. The molecule has 31 heavy (non-hydrogen) atoms. The molecule has 3 aromatic rings. The van der Waals surface area contributed by atoms with E-state index in [-0.39, 0.29) is 0 Å². The SMILES string of the molecule is Cc1ccc(C(NC(=O)C(C)N(c2cccc(Cl)c2)S(C)(=O)=O)c2ccccc2)cc1. The van der Waals surface area contributed by atoms with E-state index in [1.807, 2.05) is 61.5 Å². The number of hydrogen-bond donors (Lipinski definition) is 1. The molecule has 7 heteroatoms. The van der Waals surface area contributed by atoms with Gasteiger partial charge in [-0.3, -0.25) is 9.10 Å². The molecular weight excluding hydrogens is 432 g/mol. The van der Waals surface area contributed by atoms with Gasteiger partial charge in [-0.15, -0.1) is 0 Å². The molecule has 3 aromatic carbocycles. The number of rotatable bonds is 7. The Labute approximate surface area is 188 Å². The molecule has 3 rings (SSSR count). The predicted octanol–water partition coefficient (Wildman–Crippen LogP) is 4.71. The van der Waals surface area contributed by atoms with E-state index < -0.39 is 28.0 Å². The van der Waals surface area contributed by atoms with Crippen LogP contribution in [0.1, 0.15) is 29.7 Å². The van der Waals surface area contributed by atoms with Crippen LogP contribution in [0.15, 0.2) is 78.9 Å². The lowest BCUT2D eigenvalue weighted by Crippen LogP contribution is -2.48. The van der Waals surface area contributed by atoms with Gasteiger partial charge in [0.15, 0.2) is 0 Å². The zero-order valence-electron chi connectivity index (χ0n) is 17.6. The molecule has 5 nitrogen and oxygen atoms in total. The van der Waals surface area contributed by atoms with Crippen molar-refractivity contribution in [1.29, 1.82) is 0 Å². The molecule has 2 unspecified atom stereocenters. The highest BCUT2D eigenvalue weighted by atomic mass is 35.5. The lowest BCUT2D eigenvalue weighted by Gasteiger charge is -2.30. The first-order chi connectivity index (χ1) is 14.7. The number of benzene rings is 3. The molecule has 0 fully saturated rings. The Balaban J connectivity index is 1.95. The zero-order valence-corrected chi connectivity index (χ0v) is 19.2. The van der Waals surface area contributed by atoms with E-state index in [1.54, 1.807) is 25.1 Å². The van der Waals surface area contributed by atoms with Gasteiger partial charge in [-0.1, -0.05) is 77.8 Å². The molecule has 1 amide bonds. The standard InChI is InChI=1S/C24H25ClN2O3S/c1-17-12-14-20(15-13-17)23(19-8-5-4-6-9-19)26-24(28)18(2)27(31(3,29)30)22-11-7-10-21(25)16-22/h4-16,18,23H,1-3H3,(H,26,28). The summed E-state index contributed by atoms with van der Waals surface area (Å²) < 4.78 is 26.2. The normalized spacial score (nSPS) is 13.3. The highest BCUT2D eigenvalue weighted by Gasteiger charge is 2.31. The Morgan fingerprint density at radius 2 is 1.55 bits per heavy atom. The Kier molecular flexibility index (Phi) is 7.03. The lowest BCUT2D eigenvalue weighted by atomic mass is 9.97. The van der Waals surface area contributed by atoms with Gasteiger partial charge in [0.25, 0.3) is 0 Å². The highest BCUT2D eigenvalue weighted by Crippen LogP contribution is 2.26. The van der Waals surface area contributed by atoms with Crippen LogP contribution in [0, 0.1) is 6.92 Å². The summed E-state index contributed by atoms with van der Waals surface area (Å²) in [5.74, 6) is -0.417. The molecule has 1 N–H and O–H groups in total. The number of amides is 1. The third-order valence-corrected chi connectivity index (χ3v) is 6.46. The molecule has 0 bridgehead atoms. The Morgan fingerprint density at radius 3 is 2.13 bits per heavy atom. The quantitative estimate of drug-likeness (QED) is 0.560. The Bertz CT molecular complexity index is 1150. The van der Waals surface area contributed by atoms with Gasteiger partial charge >= 0.3 is 0 Å².